The number of hydrogen-bond acceptors (Lipinski definition) is 3. The Kier molecular flexibility index (Phi) is 5.68. The first-order valence-corrected chi connectivity index (χ1v) is 7.32. The molecule has 0 atom stereocenters. The van der Waals surface area contributed by atoms with Gasteiger partial charge in [-0.25, -0.2) is 0 Å². The van der Waals surface area contributed by atoms with E-state index in [9.17, 15) is 9.90 Å². The van der Waals surface area contributed by atoms with Crippen LogP contribution in [0.15, 0.2) is 36.4 Å². The maximum atomic E-state index is 11.6. The molecule has 0 saturated carbocycles. The minimum Gasteiger partial charge on any atom is -0.545 e. The summed E-state index contributed by atoms with van der Waals surface area (Å²) in [7, 11) is 0. The van der Waals surface area contributed by atoms with E-state index in [4.69, 9.17) is 4.74 Å². The predicted octanol–water partition coefficient (Wildman–Crippen LogP) is 0.0932. The van der Waals surface area contributed by atoms with Crippen molar-refractivity contribution in [3.63, 3.8) is 0 Å². The number of carbonyl (C=O) groups is 1. The second-order valence-electron chi connectivity index (χ2n) is 5.35. The number of fused-ring (bicyclic) bond motifs is 2. The summed E-state index contributed by atoms with van der Waals surface area (Å²) < 4.78 is 5.84. The molecule has 108 valence electrons. The number of unbranched alkanes of at least 4 members (excludes halogenated alkanes) is 1. The first-order chi connectivity index (χ1) is 10.2. The Morgan fingerprint density at radius 3 is 2.68 bits per heavy atom. The van der Waals surface area contributed by atoms with E-state index in [0.717, 1.165) is 41.7 Å². The summed E-state index contributed by atoms with van der Waals surface area (Å²) in [6.07, 6.45) is 3.34. The van der Waals surface area contributed by atoms with Crippen LogP contribution >= 0.6 is 0 Å². The Morgan fingerprint density at radius 1 is 1.18 bits per heavy atom. The Bertz CT molecular complexity index is 695. The first-order valence-electron chi connectivity index (χ1n) is 7.32. The molecule has 0 N–H and O–H groups in total. The molecular formula is C18H17NaO3. The molecular weight excluding hydrogens is 287 g/mol. The van der Waals surface area contributed by atoms with Gasteiger partial charge in [0.15, 0.2) is 0 Å². The quantitative estimate of drug-likeness (QED) is 0.642. The van der Waals surface area contributed by atoms with Gasteiger partial charge in [0.2, 0.25) is 0 Å². The van der Waals surface area contributed by atoms with Crippen molar-refractivity contribution in [2.45, 2.75) is 32.6 Å². The minimum absolute atomic E-state index is 0. The molecule has 3 nitrogen and oxygen atoms in total. The Morgan fingerprint density at radius 2 is 1.95 bits per heavy atom. The van der Waals surface area contributed by atoms with Crippen LogP contribution in [-0.4, -0.2) is 5.97 Å². The molecule has 1 heterocycles. The summed E-state index contributed by atoms with van der Waals surface area (Å²) in [5.41, 5.74) is 2.91. The third-order valence-corrected chi connectivity index (χ3v) is 3.92. The second-order valence-corrected chi connectivity index (χ2v) is 5.35. The number of benzene rings is 2. The minimum atomic E-state index is -1.11. The molecule has 22 heavy (non-hydrogen) atoms. The van der Waals surface area contributed by atoms with E-state index >= 15 is 0 Å². The first kappa shape index (κ1) is 17.1. The van der Waals surface area contributed by atoms with E-state index < -0.39 is 5.97 Å². The topological polar surface area (TPSA) is 49.4 Å². The van der Waals surface area contributed by atoms with Gasteiger partial charge >= 0.3 is 29.6 Å². The summed E-state index contributed by atoms with van der Waals surface area (Å²) in [6, 6.07) is 11.5. The molecule has 2 aromatic rings. The zero-order valence-corrected chi connectivity index (χ0v) is 15.0. The van der Waals surface area contributed by atoms with Gasteiger partial charge in [-0.05, 0) is 36.1 Å². The fourth-order valence-corrected chi connectivity index (χ4v) is 2.84. The zero-order valence-electron chi connectivity index (χ0n) is 13.0. The van der Waals surface area contributed by atoms with E-state index in [2.05, 4.69) is 6.92 Å². The van der Waals surface area contributed by atoms with Crippen LogP contribution in [0.5, 0.6) is 11.5 Å². The van der Waals surface area contributed by atoms with E-state index in [1.165, 1.54) is 0 Å². The van der Waals surface area contributed by atoms with E-state index in [0.29, 0.717) is 17.7 Å². The molecule has 0 amide bonds. The number of aryl methyl sites for hydroxylation is 1. The molecule has 2 aromatic carbocycles. The summed E-state index contributed by atoms with van der Waals surface area (Å²) in [4.78, 5) is 11.6. The number of carbonyl (C=O) groups excluding carboxylic acids is 1. The van der Waals surface area contributed by atoms with Crippen LogP contribution in [0.3, 0.4) is 0 Å². The van der Waals surface area contributed by atoms with E-state index in [-0.39, 0.29) is 29.6 Å². The number of hydrogen-bond donors (Lipinski definition) is 0. The van der Waals surface area contributed by atoms with Crippen LogP contribution in [0.2, 0.25) is 0 Å². The molecule has 0 aromatic heterocycles. The van der Waals surface area contributed by atoms with Gasteiger partial charge in [0.05, 0.1) is 5.97 Å². The molecule has 0 bridgehead atoms. The molecule has 0 aliphatic carbocycles. The number of para-hydroxylation sites is 1. The van der Waals surface area contributed by atoms with Gasteiger partial charge in [-0.1, -0.05) is 37.6 Å². The SMILES string of the molecule is CCCCc1ccc2c(c1C(=O)[O-])Cc1ccccc1O2.[Na+]. The molecule has 0 unspecified atom stereocenters. The number of aromatic carboxylic acids is 1. The van der Waals surface area contributed by atoms with E-state index in [1.807, 2.05) is 36.4 Å². The monoisotopic (exact) mass is 304 g/mol. The fraction of sp³-hybridized carbons (Fsp3) is 0.278. The van der Waals surface area contributed by atoms with Crippen LogP contribution < -0.4 is 39.4 Å². The van der Waals surface area contributed by atoms with Crippen molar-refractivity contribution in [3.05, 3.63) is 58.7 Å². The van der Waals surface area contributed by atoms with Crippen molar-refractivity contribution >= 4 is 5.97 Å². The van der Waals surface area contributed by atoms with Gasteiger partial charge in [-0.15, -0.1) is 0 Å². The molecule has 1 aliphatic heterocycles. The summed E-state index contributed by atoms with van der Waals surface area (Å²) in [5.74, 6) is 0.324. The third kappa shape index (κ3) is 3.22. The van der Waals surface area contributed by atoms with Gasteiger partial charge in [-0.2, -0.15) is 0 Å². The summed E-state index contributed by atoms with van der Waals surface area (Å²) in [5, 5.41) is 11.6. The largest absolute Gasteiger partial charge is 1.00 e. The van der Waals surface area contributed by atoms with E-state index in [1.54, 1.807) is 0 Å². The average molecular weight is 304 g/mol. The molecule has 1 aliphatic rings. The van der Waals surface area contributed by atoms with Crippen LogP contribution in [0.25, 0.3) is 0 Å². The average Bonchev–Trinajstić information content (AvgIpc) is 2.50. The number of rotatable bonds is 4. The zero-order chi connectivity index (χ0) is 14.8. The van der Waals surface area contributed by atoms with Gasteiger partial charge < -0.3 is 14.6 Å². The normalized spacial score (nSPS) is 11.7. The van der Waals surface area contributed by atoms with Crippen molar-refractivity contribution in [1.82, 2.24) is 0 Å². The van der Waals surface area contributed by atoms with Crippen molar-refractivity contribution < 1.29 is 44.2 Å². The molecule has 0 spiro atoms. The van der Waals surface area contributed by atoms with Gasteiger partial charge in [0.1, 0.15) is 11.5 Å². The van der Waals surface area contributed by atoms with Crippen LogP contribution in [0.4, 0.5) is 0 Å². The number of ether oxygens (including phenoxy) is 1. The van der Waals surface area contributed by atoms with Crippen molar-refractivity contribution in [1.29, 1.82) is 0 Å². The van der Waals surface area contributed by atoms with Gasteiger partial charge in [0, 0.05) is 17.5 Å². The molecule has 3 rings (SSSR count). The third-order valence-electron chi connectivity index (χ3n) is 3.92. The van der Waals surface area contributed by atoms with Crippen LogP contribution in [0, 0.1) is 0 Å². The second kappa shape index (κ2) is 7.32. The van der Waals surface area contributed by atoms with Crippen LogP contribution in [-0.2, 0) is 12.8 Å². The summed E-state index contributed by atoms with van der Waals surface area (Å²) >= 11 is 0. The maximum absolute atomic E-state index is 11.6. The van der Waals surface area contributed by atoms with Crippen molar-refractivity contribution in [2.24, 2.45) is 0 Å². The molecule has 0 fully saturated rings. The van der Waals surface area contributed by atoms with Crippen molar-refractivity contribution in [2.75, 3.05) is 0 Å². The molecule has 0 saturated heterocycles. The standard InChI is InChI=1S/C18H18O3.Na/c1-2-3-6-12-9-10-16-14(17(12)18(19)20)11-13-7-4-5-8-15(13)21-16;/h4-5,7-10H,2-3,6,11H2,1H3,(H,19,20);/q;+1/p-1. The predicted molar refractivity (Wildman–Crippen MR) is 78.7 cm³/mol. The van der Waals surface area contributed by atoms with Crippen LogP contribution in [0.1, 0.15) is 46.8 Å². The Balaban J connectivity index is 0.00000176. The molecule has 4 heteroatoms. The Labute approximate surface area is 152 Å². The number of carboxylic acid groups (broad SMARTS) is 1. The van der Waals surface area contributed by atoms with Gasteiger partial charge in [-0.3, -0.25) is 0 Å². The fourth-order valence-electron chi connectivity index (χ4n) is 2.84. The Hall–Kier alpha value is -1.29. The molecule has 0 radical (unpaired) electrons. The number of carboxylic acids is 1. The maximum Gasteiger partial charge on any atom is 1.00 e. The van der Waals surface area contributed by atoms with Crippen molar-refractivity contribution in [3.8, 4) is 11.5 Å². The van der Waals surface area contributed by atoms with Gasteiger partial charge in [0.25, 0.3) is 0 Å². The smallest absolute Gasteiger partial charge is 0.545 e. The summed E-state index contributed by atoms with van der Waals surface area (Å²) in [6.45, 7) is 2.09.